The van der Waals surface area contributed by atoms with Gasteiger partial charge in [-0.25, -0.2) is 4.98 Å². The van der Waals surface area contributed by atoms with Gasteiger partial charge in [0.25, 0.3) is 5.56 Å². The van der Waals surface area contributed by atoms with Crippen molar-refractivity contribution >= 4 is 11.9 Å². The second-order valence-electron chi connectivity index (χ2n) is 6.99. The first-order chi connectivity index (χ1) is 15.5. The predicted molar refractivity (Wildman–Crippen MR) is 114 cm³/mol. The van der Waals surface area contributed by atoms with Crippen LogP contribution in [0.5, 0.6) is 11.5 Å². The number of benzene rings is 2. The van der Waals surface area contributed by atoms with Crippen molar-refractivity contribution in [1.29, 1.82) is 10.5 Å². The number of nitriles is 2. The van der Waals surface area contributed by atoms with Crippen LogP contribution in [0.3, 0.4) is 0 Å². The molecule has 0 saturated heterocycles. The fourth-order valence-corrected chi connectivity index (χ4v) is 3.69. The van der Waals surface area contributed by atoms with Crippen molar-refractivity contribution in [3.8, 4) is 34.9 Å². The predicted octanol–water partition coefficient (Wildman–Crippen LogP) is 2.48. The van der Waals surface area contributed by atoms with Gasteiger partial charge in [0.2, 0.25) is 11.9 Å². The van der Waals surface area contributed by atoms with E-state index in [0.717, 1.165) is 0 Å². The Labute approximate surface area is 183 Å². The summed E-state index contributed by atoms with van der Waals surface area (Å²) in [7, 11) is 3.05. The normalized spacial score (nSPS) is 16.8. The fraction of sp³-hybridized carbons (Fsp3) is 0.174. The van der Waals surface area contributed by atoms with E-state index < -0.39 is 23.4 Å². The smallest absolute Gasteiger partial charge is 0.274 e. The van der Waals surface area contributed by atoms with Crippen LogP contribution in [0.25, 0.3) is 11.3 Å². The number of fused-ring (bicyclic) bond motifs is 1. The number of rotatable bonds is 4. The number of amides is 1. The third kappa shape index (κ3) is 3.32. The number of nitrogens with one attached hydrogen (secondary N) is 1. The molecule has 2 unspecified atom stereocenters. The molecule has 0 fully saturated rings. The molecule has 1 aromatic heterocycles. The molecule has 2 heterocycles. The Kier molecular flexibility index (Phi) is 5.32. The van der Waals surface area contributed by atoms with Crippen molar-refractivity contribution in [1.82, 2.24) is 9.55 Å². The Bertz CT molecular complexity index is 1330. The Morgan fingerprint density at radius 2 is 1.56 bits per heavy atom. The molecule has 2 atom stereocenters. The maximum atomic E-state index is 13.4. The third-order valence-electron chi connectivity index (χ3n) is 5.30. The number of nitrogens with zero attached hydrogens (tertiary/aromatic N) is 4. The monoisotopic (exact) mass is 427 g/mol. The van der Waals surface area contributed by atoms with E-state index in [2.05, 4.69) is 10.3 Å². The quantitative estimate of drug-likeness (QED) is 0.677. The Balaban J connectivity index is 1.95. The number of anilines is 1. The van der Waals surface area contributed by atoms with Crippen LogP contribution in [0.4, 0.5) is 5.95 Å². The van der Waals surface area contributed by atoms with E-state index in [1.807, 2.05) is 12.1 Å². The van der Waals surface area contributed by atoms with E-state index in [9.17, 15) is 20.1 Å². The number of hydrogen-bond donors (Lipinski definition) is 1. The van der Waals surface area contributed by atoms with E-state index in [1.165, 1.54) is 18.8 Å². The molecule has 0 saturated carbocycles. The molecule has 32 heavy (non-hydrogen) atoms. The number of carbonyl (C=O) groups excluding carboxylic acids is 1. The summed E-state index contributed by atoms with van der Waals surface area (Å²) in [5.74, 6) is -0.607. The summed E-state index contributed by atoms with van der Waals surface area (Å²) >= 11 is 0. The zero-order chi connectivity index (χ0) is 22.8. The lowest BCUT2D eigenvalue weighted by Crippen LogP contribution is -2.44. The molecular weight excluding hydrogens is 410 g/mol. The number of ether oxygens (including phenoxy) is 2. The first-order valence-electron chi connectivity index (χ1n) is 9.57. The molecule has 3 aromatic rings. The summed E-state index contributed by atoms with van der Waals surface area (Å²) in [4.78, 5) is 30.6. The van der Waals surface area contributed by atoms with Gasteiger partial charge in [-0.2, -0.15) is 10.5 Å². The number of hydrogen-bond acceptors (Lipinski definition) is 7. The van der Waals surface area contributed by atoms with Gasteiger partial charge in [0, 0.05) is 5.56 Å². The van der Waals surface area contributed by atoms with Gasteiger partial charge in [0.1, 0.15) is 23.1 Å². The Morgan fingerprint density at radius 3 is 2.09 bits per heavy atom. The van der Waals surface area contributed by atoms with Crippen molar-refractivity contribution < 1.29 is 14.3 Å². The second-order valence-corrected chi connectivity index (χ2v) is 6.99. The highest BCUT2D eigenvalue weighted by atomic mass is 16.5. The first kappa shape index (κ1) is 20.6. The maximum Gasteiger partial charge on any atom is 0.274 e. The molecule has 158 valence electrons. The summed E-state index contributed by atoms with van der Waals surface area (Å²) in [6, 6.07) is 16.3. The molecule has 1 aliphatic rings. The molecule has 1 N–H and O–H groups in total. The van der Waals surface area contributed by atoms with Crippen molar-refractivity contribution in [2.24, 2.45) is 5.92 Å². The minimum atomic E-state index is -1.19. The van der Waals surface area contributed by atoms with Crippen LogP contribution < -0.4 is 20.3 Å². The molecule has 1 aliphatic heterocycles. The van der Waals surface area contributed by atoms with Crippen molar-refractivity contribution in [2.75, 3.05) is 19.5 Å². The third-order valence-corrected chi connectivity index (χ3v) is 5.30. The summed E-state index contributed by atoms with van der Waals surface area (Å²) < 4.78 is 11.5. The molecule has 2 aromatic carbocycles. The van der Waals surface area contributed by atoms with Gasteiger partial charge in [-0.05, 0) is 42.0 Å². The minimum Gasteiger partial charge on any atom is -0.497 e. The van der Waals surface area contributed by atoms with Crippen LogP contribution in [0.15, 0.2) is 53.3 Å². The molecule has 0 spiro atoms. The molecule has 1 amide bonds. The van der Waals surface area contributed by atoms with E-state index >= 15 is 0 Å². The van der Waals surface area contributed by atoms with E-state index in [1.54, 1.807) is 48.5 Å². The summed E-state index contributed by atoms with van der Waals surface area (Å²) in [6.45, 7) is 0. The van der Waals surface area contributed by atoms with Crippen LogP contribution in [-0.4, -0.2) is 29.7 Å². The Morgan fingerprint density at radius 1 is 0.969 bits per heavy atom. The lowest BCUT2D eigenvalue weighted by atomic mass is 9.91. The van der Waals surface area contributed by atoms with E-state index in [-0.39, 0.29) is 17.2 Å². The van der Waals surface area contributed by atoms with Crippen molar-refractivity contribution in [2.45, 2.75) is 6.04 Å². The molecular formula is C23H17N5O4. The average molecular weight is 427 g/mol. The van der Waals surface area contributed by atoms with Crippen LogP contribution in [0, 0.1) is 28.6 Å². The van der Waals surface area contributed by atoms with E-state index in [4.69, 9.17) is 9.47 Å². The highest BCUT2D eigenvalue weighted by Crippen LogP contribution is 2.35. The molecule has 9 nitrogen and oxygen atoms in total. The van der Waals surface area contributed by atoms with Gasteiger partial charge < -0.3 is 9.47 Å². The van der Waals surface area contributed by atoms with Gasteiger partial charge >= 0.3 is 0 Å². The van der Waals surface area contributed by atoms with Crippen LogP contribution in [0.1, 0.15) is 17.2 Å². The van der Waals surface area contributed by atoms with Crippen LogP contribution in [0.2, 0.25) is 0 Å². The van der Waals surface area contributed by atoms with Gasteiger partial charge in [-0.1, -0.05) is 12.1 Å². The SMILES string of the molecule is COc1ccc(-c2nc3n(c(=O)c2C#N)C(c2ccc(OC)cc2)C(C#N)C(=O)N3)cc1. The summed E-state index contributed by atoms with van der Waals surface area (Å²) in [5, 5.41) is 22.0. The minimum absolute atomic E-state index is 0.0304. The summed E-state index contributed by atoms with van der Waals surface area (Å²) in [5.41, 5.74) is 0.351. The fourth-order valence-electron chi connectivity index (χ4n) is 3.69. The number of aromatic nitrogens is 2. The highest BCUT2D eigenvalue weighted by molar-refractivity contribution is 5.95. The van der Waals surface area contributed by atoms with Crippen LogP contribution >= 0.6 is 0 Å². The van der Waals surface area contributed by atoms with Gasteiger partial charge in [-0.3, -0.25) is 19.5 Å². The zero-order valence-electron chi connectivity index (χ0n) is 17.2. The molecule has 0 bridgehead atoms. The topological polar surface area (TPSA) is 130 Å². The second kappa shape index (κ2) is 8.25. The molecule has 0 aliphatic carbocycles. The average Bonchev–Trinajstić information content (AvgIpc) is 2.83. The summed E-state index contributed by atoms with van der Waals surface area (Å²) in [6.07, 6.45) is 0. The standard InChI is InChI=1S/C23H17N5O4/c1-31-15-7-3-13(4-8-15)19-17(11-24)22(30)28-20(14-5-9-16(32-2)10-6-14)18(12-25)21(29)27-23(28)26-19/h3-10,18,20H,1-2H3,(H,26,27,29). The van der Waals surface area contributed by atoms with Gasteiger partial charge in [0.05, 0.1) is 32.0 Å². The van der Waals surface area contributed by atoms with Crippen LogP contribution in [-0.2, 0) is 4.79 Å². The van der Waals surface area contributed by atoms with E-state index in [0.29, 0.717) is 22.6 Å². The first-order valence-corrected chi connectivity index (χ1v) is 9.57. The Hall–Kier alpha value is -4.63. The number of methoxy groups -OCH3 is 2. The molecule has 0 radical (unpaired) electrons. The van der Waals surface area contributed by atoms with Gasteiger partial charge in [-0.15, -0.1) is 0 Å². The lowest BCUT2D eigenvalue weighted by Gasteiger charge is -2.31. The molecule has 9 heteroatoms. The highest BCUT2D eigenvalue weighted by Gasteiger charge is 2.39. The maximum absolute atomic E-state index is 13.4. The van der Waals surface area contributed by atoms with Crippen molar-refractivity contribution in [3.63, 3.8) is 0 Å². The van der Waals surface area contributed by atoms with Crippen molar-refractivity contribution in [3.05, 3.63) is 70.0 Å². The van der Waals surface area contributed by atoms with Gasteiger partial charge in [0.15, 0.2) is 5.92 Å². The lowest BCUT2D eigenvalue weighted by molar-refractivity contribution is -0.119. The largest absolute Gasteiger partial charge is 0.497 e. The number of carbonyl (C=O) groups is 1. The zero-order valence-corrected chi connectivity index (χ0v) is 17.2. The molecule has 4 rings (SSSR count).